The standard InChI is InChI=1S/C27H43N3O5/c1-7-8-9-16-28-24(32)23(22-18(2)12-10-13-19(22)3)30(20-14-11-15-20)25(33)21(17-31)29-26(34)35-27(4,5)6/h10,12-13,20-21,23,31H,7-9,11,14-17H2,1-6H3,(H,28,32)(H,29,34). The van der Waals surface area contributed by atoms with Gasteiger partial charge in [0.2, 0.25) is 11.8 Å². The first-order valence-electron chi connectivity index (χ1n) is 12.8. The summed E-state index contributed by atoms with van der Waals surface area (Å²) in [7, 11) is 0. The first-order chi connectivity index (χ1) is 16.5. The molecular formula is C27H43N3O5. The van der Waals surface area contributed by atoms with Gasteiger partial charge in [-0.2, -0.15) is 0 Å². The number of nitrogens with one attached hydrogen (secondary N) is 2. The monoisotopic (exact) mass is 489 g/mol. The normalized spacial score (nSPS) is 15.5. The molecule has 2 atom stereocenters. The van der Waals surface area contributed by atoms with E-state index in [0.29, 0.717) is 6.54 Å². The predicted octanol–water partition coefficient (Wildman–Crippen LogP) is 3.92. The predicted molar refractivity (Wildman–Crippen MR) is 136 cm³/mol. The van der Waals surface area contributed by atoms with E-state index < -0.39 is 36.3 Å². The van der Waals surface area contributed by atoms with Gasteiger partial charge in [0.1, 0.15) is 17.7 Å². The number of carbonyl (C=O) groups excluding carboxylic acids is 3. The van der Waals surface area contributed by atoms with Crippen molar-refractivity contribution in [2.75, 3.05) is 13.2 Å². The van der Waals surface area contributed by atoms with Gasteiger partial charge >= 0.3 is 6.09 Å². The Balaban J connectivity index is 2.43. The summed E-state index contributed by atoms with van der Waals surface area (Å²) >= 11 is 0. The maximum Gasteiger partial charge on any atom is 0.408 e. The van der Waals surface area contributed by atoms with Crippen molar-refractivity contribution in [3.8, 4) is 0 Å². The van der Waals surface area contributed by atoms with Crippen molar-refractivity contribution in [2.24, 2.45) is 0 Å². The number of aliphatic hydroxyl groups is 1. The van der Waals surface area contributed by atoms with Crippen LogP contribution in [0.5, 0.6) is 0 Å². The van der Waals surface area contributed by atoms with Crippen LogP contribution in [0.2, 0.25) is 0 Å². The number of benzene rings is 1. The Morgan fingerprint density at radius 3 is 2.26 bits per heavy atom. The van der Waals surface area contributed by atoms with E-state index in [1.807, 2.05) is 32.0 Å². The quantitative estimate of drug-likeness (QED) is 0.409. The SMILES string of the molecule is CCCCCNC(=O)C(c1c(C)cccc1C)N(C(=O)C(CO)NC(=O)OC(C)(C)C)C1CCC1. The molecule has 0 aromatic heterocycles. The van der Waals surface area contributed by atoms with Crippen molar-refractivity contribution in [2.45, 2.75) is 104 Å². The average Bonchev–Trinajstić information content (AvgIpc) is 2.73. The number of aryl methyl sites for hydroxylation is 2. The van der Waals surface area contributed by atoms with E-state index in [0.717, 1.165) is 55.2 Å². The Bertz CT molecular complexity index is 856. The van der Waals surface area contributed by atoms with Gasteiger partial charge in [-0.05, 0) is 77.0 Å². The molecule has 35 heavy (non-hydrogen) atoms. The average molecular weight is 490 g/mol. The Hall–Kier alpha value is -2.61. The minimum atomic E-state index is -1.22. The lowest BCUT2D eigenvalue weighted by Crippen LogP contribution is -2.58. The number of hydrogen-bond acceptors (Lipinski definition) is 5. The lowest BCUT2D eigenvalue weighted by atomic mass is 9.86. The molecule has 1 aliphatic carbocycles. The van der Waals surface area contributed by atoms with Crippen molar-refractivity contribution in [1.29, 1.82) is 0 Å². The number of aliphatic hydroxyl groups excluding tert-OH is 1. The van der Waals surface area contributed by atoms with Crippen LogP contribution in [0.25, 0.3) is 0 Å². The number of alkyl carbamates (subject to hydrolysis) is 1. The molecule has 1 saturated carbocycles. The highest BCUT2D eigenvalue weighted by Gasteiger charge is 2.42. The van der Waals surface area contributed by atoms with Gasteiger partial charge in [0.15, 0.2) is 0 Å². The molecule has 3 amide bonds. The van der Waals surface area contributed by atoms with Crippen molar-refractivity contribution < 1.29 is 24.2 Å². The summed E-state index contributed by atoms with van der Waals surface area (Å²) in [5.74, 6) is -0.730. The smallest absolute Gasteiger partial charge is 0.408 e. The van der Waals surface area contributed by atoms with Gasteiger partial charge in [-0.25, -0.2) is 4.79 Å². The van der Waals surface area contributed by atoms with Crippen LogP contribution in [0.15, 0.2) is 18.2 Å². The molecule has 8 heteroatoms. The Morgan fingerprint density at radius 2 is 1.77 bits per heavy atom. The molecule has 2 rings (SSSR count). The third kappa shape index (κ3) is 7.95. The van der Waals surface area contributed by atoms with E-state index in [-0.39, 0.29) is 11.9 Å². The summed E-state index contributed by atoms with van der Waals surface area (Å²) in [6.45, 7) is 11.1. The number of amides is 3. The van der Waals surface area contributed by atoms with Crippen LogP contribution in [-0.2, 0) is 14.3 Å². The highest BCUT2D eigenvalue weighted by atomic mass is 16.6. The molecule has 3 N–H and O–H groups in total. The maximum atomic E-state index is 13.8. The second kappa shape index (κ2) is 12.9. The largest absolute Gasteiger partial charge is 0.444 e. The van der Waals surface area contributed by atoms with Crippen LogP contribution >= 0.6 is 0 Å². The van der Waals surface area contributed by atoms with Crippen molar-refractivity contribution in [3.05, 3.63) is 34.9 Å². The van der Waals surface area contributed by atoms with Gasteiger partial charge in [0.25, 0.3) is 0 Å². The minimum Gasteiger partial charge on any atom is -0.444 e. The second-order valence-corrected chi connectivity index (χ2v) is 10.4. The van der Waals surface area contributed by atoms with E-state index in [2.05, 4.69) is 17.6 Å². The summed E-state index contributed by atoms with van der Waals surface area (Å²) in [4.78, 5) is 41.5. The van der Waals surface area contributed by atoms with E-state index in [1.165, 1.54) is 0 Å². The van der Waals surface area contributed by atoms with Gasteiger partial charge < -0.3 is 25.4 Å². The van der Waals surface area contributed by atoms with E-state index >= 15 is 0 Å². The highest BCUT2D eigenvalue weighted by Crippen LogP contribution is 2.36. The zero-order valence-corrected chi connectivity index (χ0v) is 22.1. The van der Waals surface area contributed by atoms with E-state index in [9.17, 15) is 19.5 Å². The van der Waals surface area contributed by atoms with Gasteiger partial charge in [-0.1, -0.05) is 38.0 Å². The topological polar surface area (TPSA) is 108 Å². The third-order valence-electron chi connectivity index (χ3n) is 6.32. The first kappa shape index (κ1) is 28.6. The number of unbranched alkanes of at least 4 members (excludes halogenated alkanes) is 2. The third-order valence-corrected chi connectivity index (χ3v) is 6.32. The van der Waals surface area contributed by atoms with Crippen LogP contribution in [0.1, 0.15) is 89.0 Å². The number of carbonyl (C=O) groups is 3. The van der Waals surface area contributed by atoms with E-state index in [4.69, 9.17) is 4.74 Å². The van der Waals surface area contributed by atoms with Crippen LogP contribution in [0, 0.1) is 13.8 Å². The second-order valence-electron chi connectivity index (χ2n) is 10.4. The van der Waals surface area contributed by atoms with Gasteiger partial charge in [-0.3, -0.25) is 9.59 Å². The van der Waals surface area contributed by atoms with Crippen molar-refractivity contribution in [1.82, 2.24) is 15.5 Å². The summed E-state index contributed by atoms with van der Waals surface area (Å²) in [5, 5.41) is 15.6. The van der Waals surface area contributed by atoms with Gasteiger partial charge in [0.05, 0.1) is 6.61 Å². The van der Waals surface area contributed by atoms with Gasteiger partial charge in [0, 0.05) is 12.6 Å². The minimum absolute atomic E-state index is 0.151. The number of nitrogens with zero attached hydrogens (tertiary/aromatic N) is 1. The molecule has 1 fully saturated rings. The molecule has 0 aliphatic heterocycles. The van der Waals surface area contributed by atoms with Gasteiger partial charge in [-0.15, -0.1) is 0 Å². The van der Waals surface area contributed by atoms with Crippen molar-refractivity contribution in [3.63, 3.8) is 0 Å². The molecule has 0 saturated heterocycles. The zero-order valence-electron chi connectivity index (χ0n) is 22.1. The lowest BCUT2D eigenvalue weighted by molar-refractivity contribution is -0.148. The molecule has 2 unspecified atom stereocenters. The van der Waals surface area contributed by atoms with Crippen molar-refractivity contribution >= 4 is 17.9 Å². The van der Waals surface area contributed by atoms with Crippen LogP contribution in [0.4, 0.5) is 4.79 Å². The zero-order chi connectivity index (χ0) is 26.2. The molecule has 0 heterocycles. The summed E-state index contributed by atoms with van der Waals surface area (Å²) < 4.78 is 5.30. The lowest BCUT2D eigenvalue weighted by Gasteiger charge is -2.44. The van der Waals surface area contributed by atoms with Crippen LogP contribution < -0.4 is 10.6 Å². The Kier molecular flexibility index (Phi) is 10.6. The summed E-state index contributed by atoms with van der Waals surface area (Å²) in [6.07, 6.45) is 4.60. The van der Waals surface area contributed by atoms with Crippen LogP contribution in [-0.4, -0.2) is 58.8 Å². The fourth-order valence-electron chi connectivity index (χ4n) is 4.34. The molecule has 0 spiro atoms. The molecule has 8 nitrogen and oxygen atoms in total. The molecule has 196 valence electrons. The summed E-state index contributed by atoms with van der Waals surface area (Å²) in [6, 6.07) is 3.58. The maximum absolute atomic E-state index is 13.8. The fraction of sp³-hybridized carbons (Fsp3) is 0.667. The van der Waals surface area contributed by atoms with Crippen LogP contribution in [0.3, 0.4) is 0 Å². The summed E-state index contributed by atoms with van der Waals surface area (Å²) in [5.41, 5.74) is 1.86. The Labute approximate surface area is 209 Å². The first-order valence-corrected chi connectivity index (χ1v) is 12.8. The molecule has 1 aromatic carbocycles. The molecule has 1 aliphatic rings. The molecular weight excluding hydrogens is 446 g/mol. The molecule has 0 bridgehead atoms. The molecule has 0 radical (unpaired) electrons. The Morgan fingerprint density at radius 1 is 1.14 bits per heavy atom. The van der Waals surface area contributed by atoms with E-state index in [1.54, 1.807) is 25.7 Å². The number of hydrogen-bond donors (Lipinski definition) is 3. The molecule has 1 aromatic rings. The fourth-order valence-corrected chi connectivity index (χ4v) is 4.34. The highest BCUT2D eigenvalue weighted by molar-refractivity contribution is 5.93. The number of rotatable bonds is 11. The number of ether oxygens (including phenoxy) is 1.